The van der Waals surface area contributed by atoms with Crippen molar-refractivity contribution in [2.75, 3.05) is 57.5 Å². The van der Waals surface area contributed by atoms with Crippen LogP contribution < -0.4 is 15.0 Å². The first-order valence-electron chi connectivity index (χ1n) is 10.6. The summed E-state index contributed by atoms with van der Waals surface area (Å²) in [5.41, 5.74) is 2.02. The highest BCUT2D eigenvalue weighted by atomic mass is 32.2. The van der Waals surface area contributed by atoms with Crippen molar-refractivity contribution in [3.8, 4) is 5.75 Å². The van der Waals surface area contributed by atoms with E-state index in [0.29, 0.717) is 13.0 Å². The minimum Gasteiger partial charge on any atom is -0.497 e. The van der Waals surface area contributed by atoms with Gasteiger partial charge in [0.05, 0.1) is 18.6 Å². The van der Waals surface area contributed by atoms with E-state index in [2.05, 4.69) is 32.2 Å². The van der Waals surface area contributed by atoms with Crippen LogP contribution in [0.3, 0.4) is 0 Å². The fourth-order valence-corrected chi connectivity index (χ4v) is 5.12. The van der Waals surface area contributed by atoms with Gasteiger partial charge in [-0.15, -0.1) is 0 Å². The van der Waals surface area contributed by atoms with Crippen LogP contribution in [0.25, 0.3) is 0 Å². The number of aliphatic imine (C=N–C) groups is 1. The zero-order valence-corrected chi connectivity index (χ0v) is 19.1. The van der Waals surface area contributed by atoms with Gasteiger partial charge in [-0.25, -0.2) is 8.42 Å². The number of anilines is 1. The van der Waals surface area contributed by atoms with Gasteiger partial charge < -0.3 is 19.9 Å². The molecule has 7 nitrogen and oxygen atoms in total. The maximum Gasteiger partial charge on any atom is 0.193 e. The van der Waals surface area contributed by atoms with Crippen LogP contribution in [0.4, 0.5) is 5.69 Å². The highest BCUT2D eigenvalue weighted by molar-refractivity contribution is 7.90. The summed E-state index contributed by atoms with van der Waals surface area (Å²) in [4.78, 5) is 8.95. The molecule has 1 saturated heterocycles. The Morgan fingerprint density at radius 3 is 2.32 bits per heavy atom. The summed E-state index contributed by atoms with van der Waals surface area (Å²) < 4.78 is 29.9. The highest BCUT2D eigenvalue weighted by Gasteiger charge is 2.20. The zero-order chi connectivity index (χ0) is 22.1. The molecule has 1 aliphatic rings. The molecule has 0 aliphatic carbocycles. The molecule has 3 rings (SSSR count). The fourth-order valence-electron chi connectivity index (χ4n) is 3.69. The van der Waals surface area contributed by atoms with Gasteiger partial charge in [0.25, 0.3) is 0 Å². The average molecular weight is 445 g/mol. The Morgan fingerprint density at radius 2 is 1.71 bits per heavy atom. The second kappa shape index (κ2) is 11.0. The molecule has 1 fully saturated rings. The Hall–Kier alpha value is -2.74. The summed E-state index contributed by atoms with van der Waals surface area (Å²) in [6.45, 7) is 4.10. The van der Waals surface area contributed by atoms with Gasteiger partial charge in [-0.05, 0) is 36.2 Å². The van der Waals surface area contributed by atoms with E-state index in [-0.39, 0.29) is 11.5 Å². The number of nitrogens with one attached hydrogen (secondary N) is 1. The SMILES string of the molecule is CN=C(NCCCS(=O)(=O)Cc1ccccc1)N1CCN(c2ccc(OC)cc2)CC1. The summed E-state index contributed by atoms with van der Waals surface area (Å²) in [6.07, 6.45) is 0.556. The maximum atomic E-state index is 12.3. The molecular formula is C23H32N4O3S. The topological polar surface area (TPSA) is 74.2 Å². The fraction of sp³-hybridized carbons (Fsp3) is 0.435. The second-order valence-electron chi connectivity index (χ2n) is 7.58. The zero-order valence-electron chi connectivity index (χ0n) is 18.3. The lowest BCUT2D eigenvalue weighted by Crippen LogP contribution is -2.52. The maximum absolute atomic E-state index is 12.3. The largest absolute Gasteiger partial charge is 0.497 e. The Kier molecular flexibility index (Phi) is 8.17. The van der Waals surface area contributed by atoms with Gasteiger partial charge in [0, 0.05) is 45.5 Å². The molecule has 0 bridgehead atoms. The second-order valence-corrected chi connectivity index (χ2v) is 9.76. The predicted molar refractivity (Wildman–Crippen MR) is 127 cm³/mol. The van der Waals surface area contributed by atoms with Crippen LogP contribution in [0.15, 0.2) is 59.6 Å². The van der Waals surface area contributed by atoms with Crippen molar-refractivity contribution in [2.45, 2.75) is 12.2 Å². The lowest BCUT2D eigenvalue weighted by molar-refractivity contribution is 0.372. The van der Waals surface area contributed by atoms with Crippen molar-refractivity contribution in [3.63, 3.8) is 0 Å². The molecule has 2 aromatic carbocycles. The third-order valence-electron chi connectivity index (χ3n) is 5.37. The van der Waals surface area contributed by atoms with E-state index in [4.69, 9.17) is 4.74 Å². The van der Waals surface area contributed by atoms with Gasteiger partial charge in [-0.1, -0.05) is 30.3 Å². The Bertz CT molecular complexity index is 939. The minimum atomic E-state index is -3.12. The number of hydrogen-bond donors (Lipinski definition) is 1. The number of hydrogen-bond acceptors (Lipinski definition) is 5. The summed E-state index contributed by atoms with van der Waals surface area (Å²) in [5, 5.41) is 3.32. The predicted octanol–water partition coefficient (Wildman–Crippen LogP) is 2.40. The van der Waals surface area contributed by atoms with Crippen LogP contribution in [0.2, 0.25) is 0 Å². The molecule has 31 heavy (non-hydrogen) atoms. The highest BCUT2D eigenvalue weighted by Crippen LogP contribution is 2.20. The third kappa shape index (κ3) is 6.89. The molecular weight excluding hydrogens is 412 g/mol. The third-order valence-corrected chi connectivity index (χ3v) is 7.06. The van der Waals surface area contributed by atoms with E-state index in [9.17, 15) is 8.42 Å². The normalized spacial score (nSPS) is 15.1. The van der Waals surface area contributed by atoms with E-state index >= 15 is 0 Å². The number of guanidine groups is 1. The van der Waals surface area contributed by atoms with Gasteiger partial charge in [0.15, 0.2) is 15.8 Å². The molecule has 0 radical (unpaired) electrons. The van der Waals surface area contributed by atoms with Crippen LogP contribution in [0.1, 0.15) is 12.0 Å². The number of methoxy groups -OCH3 is 1. The Balaban J connectivity index is 1.41. The smallest absolute Gasteiger partial charge is 0.193 e. The lowest BCUT2D eigenvalue weighted by Gasteiger charge is -2.37. The van der Waals surface area contributed by atoms with E-state index in [1.807, 2.05) is 42.5 Å². The molecule has 0 spiro atoms. The van der Waals surface area contributed by atoms with Crippen LogP contribution >= 0.6 is 0 Å². The number of nitrogens with zero attached hydrogens (tertiary/aromatic N) is 3. The molecule has 0 saturated carbocycles. The Labute approximate surface area is 185 Å². The standard InChI is InChI=1S/C23H32N4O3S/c1-24-23(25-13-6-18-31(28,29)19-20-7-4-3-5-8-20)27-16-14-26(15-17-27)21-9-11-22(30-2)12-10-21/h3-5,7-12H,6,13-19H2,1-2H3,(H,24,25). The number of benzene rings is 2. The molecule has 2 aromatic rings. The lowest BCUT2D eigenvalue weighted by atomic mass is 10.2. The van der Waals surface area contributed by atoms with Gasteiger partial charge >= 0.3 is 0 Å². The van der Waals surface area contributed by atoms with Crippen molar-refractivity contribution in [2.24, 2.45) is 4.99 Å². The van der Waals surface area contributed by atoms with Crippen molar-refractivity contribution in [1.29, 1.82) is 0 Å². The van der Waals surface area contributed by atoms with E-state index in [1.54, 1.807) is 14.2 Å². The minimum absolute atomic E-state index is 0.0931. The molecule has 0 amide bonds. The molecule has 0 aromatic heterocycles. The van der Waals surface area contributed by atoms with Gasteiger partial charge in [-0.2, -0.15) is 0 Å². The van der Waals surface area contributed by atoms with E-state index in [1.165, 1.54) is 5.69 Å². The number of sulfone groups is 1. The quantitative estimate of drug-likeness (QED) is 0.383. The van der Waals surface area contributed by atoms with E-state index in [0.717, 1.165) is 43.5 Å². The van der Waals surface area contributed by atoms with E-state index < -0.39 is 9.84 Å². The summed E-state index contributed by atoms with van der Waals surface area (Å²) in [6, 6.07) is 17.4. The summed E-state index contributed by atoms with van der Waals surface area (Å²) in [7, 11) is 0.324. The first-order chi connectivity index (χ1) is 15.0. The van der Waals surface area contributed by atoms with Crippen LogP contribution in [0, 0.1) is 0 Å². The van der Waals surface area contributed by atoms with Crippen LogP contribution in [-0.4, -0.2) is 71.9 Å². The average Bonchev–Trinajstić information content (AvgIpc) is 2.80. The number of ether oxygens (including phenoxy) is 1. The van der Waals surface area contributed by atoms with Crippen molar-refractivity contribution >= 4 is 21.5 Å². The van der Waals surface area contributed by atoms with Crippen molar-refractivity contribution in [3.05, 3.63) is 60.2 Å². The van der Waals surface area contributed by atoms with Crippen molar-refractivity contribution in [1.82, 2.24) is 10.2 Å². The van der Waals surface area contributed by atoms with Gasteiger partial charge in [-0.3, -0.25) is 4.99 Å². The monoisotopic (exact) mass is 444 g/mol. The van der Waals surface area contributed by atoms with Crippen LogP contribution in [0.5, 0.6) is 5.75 Å². The van der Waals surface area contributed by atoms with Crippen LogP contribution in [-0.2, 0) is 15.6 Å². The molecule has 168 valence electrons. The summed E-state index contributed by atoms with van der Waals surface area (Å²) >= 11 is 0. The molecule has 1 N–H and O–H groups in total. The molecule has 1 aliphatic heterocycles. The number of rotatable bonds is 8. The summed E-state index contributed by atoms with van der Waals surface area (Å²) in [5.74, 6) is 1.94. The van der Waals surface area contributed by atoms with Gasteiger partial charge in [0.1, 0.15) is 5.75 Å². The molecule has 1 heterocycles. The molecule has 0 atom stereocenters. The molecule has 0 unspecified atom stereocenters. The Morgan fingerprint density at radius 1 is 1.03 bits per heavy atom. The first-order valence-corrected chi connectivity index (χ1v) is 12.4. The molecule has 8 heteroatoms. The number of piperazine rings is 1. The first kappa shape index (κ1) is 22.9. The van der Waals surface area contributed by atoms with Gasteiger partial charge in [0.2, 0.25) is 0 Å². The van der Waals surface area contributed by atoms with Crippen molar-refractivity contribution < 1.29 is 13.2 Å².